The maximum absolute atomic E-state index is 12.7. The Hall–Kier alpha value is -2.11. The topological polar surface area (TPSA) is 71.0 Å². The lowest BCUT2D eigenvalue weighted by atomic mass is 10.1. The van der Waals surface area contributed by atoms with E-state index in [9.17, 15) is 9.59 Å². The predicted octanol–water partition coefficient (Wildman–Crippen LogP) is 1.62. The van der Waals surface area contributed by atoms with E-state index in [1.165, 1.54) is 0 Å². The predicted molar refractivity (Wildman–Crippen MR) is 80.6 cm³/mol. The Labute approximate surface area is 122 Å². The van der Waals surface area contributed by atoms with Crippen LogP contribution in [0.4, 0.5) is 0 Å². The van der Waals surface area contributed by atoms with Gasteiger partial charge in [-0.1, -0.05) is 0 Å². The van der Waals surface area contributed by atoms with Crippen molar-refractivity contribution >= 4 is 16.9 Å². The third-order valence-corrected chi connectivity index (χ3v) is 4.11. The van der Waals surface area contributed by atoms with Crippen molar-refractivity contribution in [1.29, 1.82) is 0 Å². The Kier molecular flexibility index (Phi) is 3.31. The zero-order valence-electron chi connectivity index (χ0n) is 12.6. The summed E-state index contributed by atoms with van der Waals surface area (Å²) in [5.74, 6) is 0.341. The van der Waals surface area contributed by atoms with Crippen LogP contribution in [0.25, 0.3) is 11.0 Å². The van der Waals surface area contributed by atoms with E-state index >= 15 is 0 Å². The second-order valence-electron chi connectivity index (χ2n) is 5.54. The second-order valence-corrected chi connectivity index (χ2v) is 5.54. The number of aromatic nitrogens is 3. The number of aromatic amines is 1. The fraction of sp³-hybridized carbons (Fsp3) is 0.533. The van der Waals surface area contributed by atoms with Gasteiger partial charge in [-0.25, -0.2) is 4.98 Å². The molecule has 6 nitrogen and oxygen atoms in total. The fourth-order valence-electron chi connectivity index (χ4n) is 2.72. The van der Waals surface area contributed by atoms with Gasteiger partial charge in [-0.2, -0.15) is 0 Å². The number of pyridine rings is 1. The van der Waals surface area contributed by atoms with Crippen LogP contribution < -0.4 is 5.56 Å². The highest BCUT2D eigenvalue weighted by Crippen LogP contribution is 2.40. The van der Waals surface area contributed by atoms with Crippen LogP contribution in [-0.2, 0) is 7.05 Å². The van der Waals surface area contributed by atoms with Gasteiger partial charge in [0.25, 0.3) is 11.5 Å². The minimum Gasteiger partial charge on any atom is -0.339 e. The minimum atomic E-state index is -0.252. The van der Waals surface area contributed by atoms with Gasteiger partial charge in [0.15, 0.2) is 5.65 Å². The van der Waals surface area contributed by atoms with Crippen LogP contribution >= 0.6 is 0 Å². The summed E-state index contributed by atoms with van der Waals surface area (Å²) in [6.45, 7) is 5.14. The van der Waals surface area contributed by atoms with E-state index in [4.69, 9.17) is 0 Å². The summed E-state index contributed by atoms with van der Waals surface area (Å²) >= 11 is 0. The summed E-state index contributed by atoms with van der Waals surface area (Å²) in [5.41, 5.74) is 1.72. The van der Waals surface area contributed by atoms with Crippen molar-refractivity contribution < 1.29 is 4.79 Å². The number of amides is 1. The summed E-state index contributed by atoms with van der Waals surface area (Å²) < 4.78 is 1.60. The SMILES string of the molecule is CCN(CC)C(=O)c1cc(C2CC2)nc2c1c(=O)[nH]n2C. The smallest absolute Gasteiger partial charge is 0.274 e. The van der Waals surface area contributed by atoms with Crippen LogP contribution in [-0.4, -0.2) is 38.7 Å². The van der Waals surface area contributed by atoms with Crippen molar-refractivity contribution in [3.8, 4) is 0 Å². The van der Waals surface area contributed by atoms with Crippen LogP contribution in [0.5, 0.6) is 0 Å². The van der Waals surface area contributed by atoms with Gasteiger partial charge in [-0.05, 0) is 32.8 Å². The largest absolute Gasteiger partial charge is 0.339 e. The van der Waals surface area contributed by atoms with Crippen LogP contribution in [0, 0.1) is 0 Å². The van der Waals surface area contributed by atoms with Gasteiger partial charge >= 0.3 is 0 Å². The molecule has 2 heterocycles. The Bertz CT molecular complexity index is 751. The highest BCUT2D eigenvalue weighted by Gasteiger charge is 2.29. The Morgan fingerprint density at radius 2 is 2.10 bits per heavy atom. The first kappa shape index (κ1) is 13.9. The molecule has 0 saturated heterocycles. The number of hydrogen-bond donors (Lipinski definition) is 1. The molecule has 112 valence electrons. The number of rotatable bonds is 4. The van der Waals surface area contributed by atoms with Crippen LogP contribution in [0.1, 0.15) is 48.7 Å². The van der Waals surface area contributed by atoms with Gasteiger partial charge < -0.3 is 4.90 Å². The minimum absolute atomic E-state index is 0.0917. The number of nitrogens with zero attached hydrogens (tertiary/aromatic N) is 3. The molecular weight excluding hydrogens is 268 g/mol. The Balaban J connectivity index is 2.23. The van der Waals surface area contributed by atoms with Crippen LogP contribution in [0.15, 0.2) is 10.9 Å². The van der Waals surface area contributed by atoms with Gasteiger partial charge in [-0.3, -0.25) is 19.4 Å². The van der Waals surface area contributed by atoms with E-state index < -0.39 is 0 Å². The van der Waals surface area contributed by atoms with Crippen molar-refractivity contribution in [2.45, 2.75) is 32.6 Å². The molecule has 2 aromatic rings. The lowest BCUT2D eigenvalue weighted by molar-refractivity contribution is 0.0774. The molecule has 1 fully saturated rings. The summed E-state index contributed by atoms with van der Waals surface area (Å²) in [6.07, 6.45) is 2.21. The molecule has 2 aromatic heterocycles. The van der Waals surface area contributed by atoms with E-state index in [2.05, 4.69) is 10.1 Å². The molecule has 1 amide bonds. The average molecular weight is 288 g/mol. The summed E-state index contributed by atoms with van der Waals surface area (Å²) in [7, 11) is 1.75. The van der Waals surface area contributed by atoms with Crippen LogP contribution in [0.3, 0.4) is 0 Å². The standard InChI is InChI=1S/C15H20N4O2/c1-4-19(5-2)15(21)10-8-11(9-6-7-9)16-13-12(10)14(20)17-18(13)3/h8-9H,4-7H2,1-3H3,(H,17,20). The number of carbonyl (C=O) groups is 1. The van der Waals surface area contributed by atoms with Gasteiger partial charge in [0.05, 0.1) is 10.9 Å². The van der Waals surface area contributed by atoms with Crippen LogP contribution in [0.2, 0.25) is 0 Å². The average Bonchev–Trinajstić information content (AvgIpc) is 3.27. The Morgan fingerprint density at radius 1 is 1.43 bits per heavy atom. The van der Waals surface area contributed by atoms with E-state index in [0.717, 1.165) is 18.5 Å². The molecule has 21 heavy (non-hydrogen) atoms. The van der Waals surface area contributed by atoms with E-state index in [-0.39, 0.29) is 11.5 Å². The third-order valence-electron chi connectivity index (χ3n) is 4.11. The molecule has 0 bridgehead atoms. The fourth-order valence-corrected chi connectivity index (χ4v) is 2.72. The highest BCUT2D eigenvalue weighted by atomic mass is 16.2. The molecule has 1 N–H and O–H groups in total. The maximum Gasteiger partial charge on any atom is 0.274 e. The molecule has 6 heteroatoms. The molecule has 1 aliphatic carbocycles. The number of nitrogens with one attached hydrogen (secondary N) is 1. The maximum atomic E-state index is 12.7. The quantitative estimate of drug-likeness (QED) is 0.929. The monoisotopic (exact) mass is 288 g/mol. The zero-order valence-corrected chi connectivity index (χ0v) is 12.6. The van der Waals surface area contributed by atoms with Crippen molar-refractivity contribution in [2.24, 2.45) is 7.05 Å². The first-order chi connectivity index (χ1) is 10.1. The number of hydrogen-bond acceptors (Lipinski definition) is 3. The van der Waals surface area contributed by atoms with Crippen molar-refractivity contribution in [3.63, 3.8) is 0 Å². The lowest BCUT2D eigenvalue weighted by Crippen LogP contribution is -2.31. The highest BCUT2D eigenvalue weighted by molar-refractivity contribution is 6.05. The number of H-pyrrole nitrogens is 1. The van der Waals surface area contributed by atoms with Gasteiger partial charge in [0.1, 0.15) is 0 Å². The molecule has 0 unspecified atom stereocenters. The second kappa shape index (κ2) is 5.02. The Morgan fingerprint density at radius 3 is 2.67 bits per heavy atom. The molecule has 1 aliphatic rings. The molecule has 0 aliphatic heterocycles. The first-order valence-electron chi connectivity index (χ1n) is 7.45. The van der Waals surface area contributed by atoms with Crippen molar-refractivity contribution in [2.75, 3.05) is 13.1 Å². The molecular formula is C15H20N4O2. The zero-order chi connectivity index (χ0) is 15.1. The van der Waals surface area contributed by atoms with E-state index in [1.54, 1.807) is 16.6 Å². The van der Waals surface area contributed by atoms with Crippen molar-refractivity contribution in [3.05, 3.63) is 27.7 Å². The molecule has 0 atom stereocenters. The molecule has 0 aromatic carbocycles. The summed E-state index contributed by atoms with van der Waals surface area (Å²) in [5, 5.41) is 3.10. The van der Waals surface area contributed by atoms with Gasteiger partial charge in [0.2, 0.25) is 0 Å². The number of carbonyl (C=O) groups excluding carboxylic acids is 1. The lowest BCUT2D eigenvalue weighted by Gasteiger charge is -2.19. The molecule has 0 spiro atoms. The summed E-state index contributed by atoms with van der Waals surface area (Å²) in [4.78, 5) is 31.2. The number of fused-ring (bicyclic) bond motifs is 1. The van der Waals surface area contributed by atoms with Crippen molar-refractivity contribution in [1.82, 2.24) is 19.7 Å². The molecule has 1 saturated carbocycles. The molecule has 3 rings (SSSR count). The number of aryl methyl sites for hydroxylation is 1. The molecule has 0 radical (unpaired) electrons. The third kappa shape index (κ3) is 2.24. The van der Waals surface area contributed by atoms with E-state index in [1.807, 2.05) is 19.9 Å². The summed E-state index contributed by atoms with van der Waals surface area (Å²) in [6, 6.07) is 1.82. The normalized spacial score (nSPS) is 14.6. The first-order valence-corrected chi connectivity index (χ1v) is 7.45. The van der Waals surface area contributed by atoms with Gasteiger partial charge in [0, 0.05) is 31.7 Å². The van der Waals surface area contributed by atoms with E-state index in [0.29, 0.717) is 35.6 Å². The van der Waals surface area contributed by atoms with Gasteiger partial charge in [-0.15, -0.1) is 0 Å².